The van der Waals surface area contributed by atoms with E-state index in [0.29, 0.717) is 80.1 Å². The van der Waals surface area contributed by atoms with Gasteiger partial charge in [0.15, 0.2) is 11.4 Å². The molecule has 8 heteroatoms. The summed E-state index contributed by atoms with van der Waals surface area (Å²) in [7, 11) is 0. The van der Waals surface area contributed by atoms with Crippen molar-refractivity contribution in [3.05, 3.63) is 299 Å². The Morgan fingerprint density at radius 3 is 1.12 bits per heavy atom. The van der Waals surface area contributed by atoms with Crippen LogP contribution in [-0.2, 0) is 53.7 Å². The molecule has 0 radical (unpaired) electrons. The van der Waals surface area contributed by atoms with Crippen LogP contribution in [0.3, 0.4) is 0 Å². The number of rotatable bonds is 21. The molecule has 8 aromatic rings. The quantitative estimate of drug-likeness (QED) is 0.0399. The van der Waals surface area contributed by atoms with Crippen molar-refractivity contribution in [1.29, 1.82) is 0 Å². The molecule has 1 unspecified atom stereocenters. The minimum Gasteiger partial charge on any atom is -0.358 e. The fraction of sp³-hybridized carbons (Fsp3) is 0.197. The topological polar surface area (TPSA) is 97.4 Å². The molecule has 0 N–H and O–H groups in total. The molecule has 74 heavy (non-hydrogen) atoms. The molecule has 8 nitrogen and oxygen atoms in total. The summed E-state index contributed by atoms with van der Waals surface area (Å²) in [6.07, 6.45) is 5.92. The molecular formula is C66H64O8. The lowest BCUT2D eigenvalue weighted by Crippen LogP contribution is -2.43. The Labute approximate surface area is 436 Å². The maximum atomic E-state index is 13.9. The molecule has 1 aliphatic heterocycles. The van der Waals surface area contributed by atoms with Crippen molar-refractivity contribution in [2.24, 2.45) is 0 Å². The molecule has 0 aromatic heterocycles. The molecule has 8 aromatic carbocycles. The van der Waals surface area contributed by atoms with Crippen LogP contribution in [-0.4, -0.2) is 50.4 Å². The Balaban J connectivity index is 0.000000170. The van der Waals surface area contributed by atoms with Crippen molar-refractivity contribution in [3.8, 4) is 0 Å². The molecule has 1 aliphatic rings. The van der Waals surface area contributed by atoms with E-state index in [-0.39, 0.29) is 17.3 Å². The van der Waals surface area contributed by atoms with E-state index in [4.69, 9.17) is 23.7 Å². The number of carbonyl (C=O) groups excluding carboxylic acids is 3. The van der Waals surface area contributed by atoms with Crippen LogP contribution in [0, 0.1) is 0 Å². The summed E-state index contributed by atoms with van der Waals surface area (Å²) in [4.78, 5) is 39.9. The molecule has 0 bridgehead atoms. The molecule has 0 saturated heterocycles. The summed E-state index contributed by atoms with van der Waals surface area (Å²) in [5.74, 6) is -3.26. The minimum atomic E-state index is -1.52. The summed E-state index contributed by atoms with van der Waals surface area (Å²) in [5.41, 5.74) is 5.54. The number of hydrogen-bond donors (Lipinski definition) is 0. The monoisotopic (exact) mass is 984 g/mol. The van der Waals surface area contributed by atoms with Crippen molar-refractivity contribution in [3.63, 3.8) is 0 Å². The van der Waals surface area contributed by atoms with Crippen molar-refractivity contribution in [2.45, 2.75) is 50.3 Å². The summed E-state index contributed by atoms with van der Waals surface area (Å²) >= 11 is 0. The zero-order chi connectivity index (χ0) is 51.7. The van der Waals surface area contributed by atoms with Gasteiger partial charge in [-0.15, -0.1) is 0 Å². The third kappa shape index (κ3) is 13.9. The van der Waals surface area contributed by atoms with Gasteiger partial charge in [0.25, 0.3) is 11.6 Å². The summed E-state index contributed by atoms with van der Waals surface area (Å²) in [6, 6.07) is 76.5. The van der Waals surface area contributed by atoms with E-state index in [1.54, 1.807) is 24.3 Å². The third-order valence-corrected chi connectivity index (χ3v) is 12.4. The maximum absolute atomic E-state index is 13.9. The molecule has 0 saturated carbocycles. The van der Waals surface area contributed by atoms with Crippen LogP contribution in [0.25, 0.3) is 0 Å². The van der Waals surface area contributed by atoms with E-state index in [9.17, 15) is 14.4 Å². The molecule has 0 spiro atoms. The van der Waals surface area contributed by atoms with E-state index in [1.165, 1.54) is 0 Å². The van der Waals surface area contributed by atoms with E-state index in [0.717, 1.165) is 16.7 Å². The summed E-state index contributed by atoms with van der Waals surface area (Å²) in [5, 5.41) is 0. The SMILES string of the molecule is CCOC(OCC)(C(=O)c1ccccc1)c1ccccc1.O=C(c1ccccc1)C(OCCc1ccccc1)(OCCc1ccccc1)c1ccccc1.O=C(c1ccccc1)C1(c2ccccc2)CC=CCO1. The smallest absolute Gasteiger partial charge is 0.261 e. The van der Waals surface area contributed by atoms with Crippen LogP contribution in [0.2, 0.25) is 0 Å². The Morgan fingerprint density at radius 2 is 0.757 bits per heavy atom. The van der Waals surface area contributed by atoms with Gasteiger partial charge in [0.2, 0.25) is 11.6 Å². The highest BCUT2D eigenvalue weighted by Gasteiger charge is 2.45. The van der Waals surface area contributed by atoms with Crippen LogP contribution in [0.5, 0.6) is 0 Å². The Bertz CT molecular complexity index is 2870. The standard InChI is InChI=1S/C30H28O3.C18H20O3.C18H16O2/c31-29(27-17-9-3-10-18-27)30(28-19-11-4-12-20-28,32-23-21-25-13-5-1-6-14-25)33-24-22-26-15-7-2-8-16-26;1-3-20-18(21-4-2,16-13-9-6-10-14-16)17(19)15-11-7-5-8-12-15;19-17(15-9-3-1-4-10-15)18(13-7-8-14-20-18)16-11-5-2-6-12-16/h1-20H,21-24H2;5-14H,3-4H2,1-2H3;1-12H,13-14H2. The molecule has 376 valence electrons. The maximum Gasteiger partial charge on any atom is 0.261 e. The zero-order valence-electron chi connectivity index (χ0n) is 42.2. The number of hydrogen-bond acceptors (Lipinski definition) is 8. The van der Waals surface area contributed by atoms with Crippen molar-refractivity contribution in [2.75, 3.05) is 33.0 Å². The van der Waals surface area contributed by atoms with Gasteiger partial charge < -0.3 is 23.7 Å². The molecule has 0 aliphatic carbocycles. The highest BCUT2D eigenvalue weighted by atomic mass is 16.7. The van der Waals surface area contributed by atoms with Gasteiger partial charge in [-0.05, 0) is 43.4 Å². The van der Waals surface area contributed by atoms with Crippen molar-refractivity contribution >= 4 is 17.3 Å². The number of Topliss-reactive ketones (excluding diaryl/α,β-unsaturated/α-hetero) is 3. The van der Waals surface area contributed by atoms with E-state index in [1.807, 2.05) is 220 Å². The first-order valence-electron chi connectivity index (χ1n) is 25.2. The van der Waals surface area contributed by atoms with Gasteiger partial charge in [-0.1, -0.05) is 255 Å². The Kier molecular flexibility index (Phi) is 20.4. The van der Waals surface area contributed by atoms with Gasteiger partial charge in [0.05, 0.1) is 19.8 Å². The van der Waals surface area contributed by atoms with Gasteiger partial charge in [-0.3, -0.25) is 14.4 Å². The molecule has 0 fully saturated rings. The molecule has 0 amide bonds. The van der Waals surface area contributed by atoms with Crippen LogP contribution in [0.15, 0.2) is 255 Å². The Morgan fingerprint density at radius 1 is 0.419 bits per heavy atom. The molecule has 9 rings (SSSR count). The van der Waals surface area contributed by atoms with Crippen LogP contribution in [0.1, 0.15) is 79.2 Å². The first kappa shape index (κ1) is 54.1. The van der Waals surface area contributed by atoms with Crippen LogP contribution < -0.4 is 0 Å². The summed E-state index contributed by atoms with van der Waals surface area (Å²) < 4.78 is 30.3. The van der Waals surface area contributed by atoms with Crippen molar-refractivity contribution < 1.29 is 38.1 Å². The third-order valence-electron chi connectivity index (χ3n) is 12.4. The predicted molar refractivity (Wildman–Crippen MR) is 292 cm³/mol. The number of ketones is 3. The molecule has 1 atom stereocenters. The fourth-order valence-electron chi connectivity index (χ4n) is 8.72. The fourth-order valence-corrected chi connectivity index (χ4v) is 8.72. The first-order valence-corrected chi connectivity index (χ1v) is 25.2. The Hall–Kier alpha value is -7.69. The highest BCUT2D eigenvalue weighted by molar-refractivity contribution is 6.04. The number of carbonyl (C=O) groups is 3. The first-order chi connectivity index (χ1) is 36.3. The lowest BCUT2D eigenvalue weighted by atomic mass is 9.82. The van der Waals surface area contributed by atoms with E-state index in [2.05, 4.69) is 24.3 Å². The lowest BCUT2D eigenvalue weighted by molar-refractivity contribution is -0.209. The zero-order valence-corrected chi connectivity index (χ0v) is 42.2. The van der Waals surface area contributed by atoms with Gasteiger partial charge in [-0.25, -0.2) is 0 Å². The second-order valence-corrected chi connectivity index (χ2v) is 17.3. The van der Waals surface area contributed by atoms with E-state index < -0.39 is 17.2 Å². The second-order valence-electron chi connectivity index (χ2n) is 17.3. The van der Waals surface area contributed by atoms with Gasteiger partial charge in [0.1, 0.15) is 0 Å². The van der Waals surface area contributed by atoms with Gasteiger partial charge in [0, 0.05) is 47.5 Å². The van der Waals surface area contributed by atoms with Crippen LogP contribution in [0.4, 0.5) is 0 Å². The average molecular weight is 985 g/mol. The molecule has 1 heterocycles. The second kappa shape index (κ2) is 27.9. The summed E-state index contributed by atoms with van der Waals surface area (Å²) in [6.45, 7) is 5.64. The van der Waals surface area contributed by atoms with Crippen LogP contribution >= 0.6 is 0 Å². The predicted octanol–water partition coefficient (Wildman–Crippen LogP) is 13.8. The number of ether oxygens (including phenoxy) is 5. The van der Waals surface area contributed by atoms with E-state index >= 15 is 0 Å². The number of benzene rings is 8. The lowest BCUT2D eigenvalue weighted by Gasteiger charge is -2.34. The highest BCUT2D eigenvalue weighted by Crippen LogP contribution is 2.37. The van der Waals surface area contributed by atoms with Gasteiger partial charge >= 0.3 is 0 Å². The minimum absolute atomic E-state index is 0.0219. The van der Waals surface area contributed by atoms with Crippen molar-refractivity contribution in [1.82, 2.24) is 0 Å². The normalized spacial score (nSPS) is 14.1. The van der Waals surface area contributed by atoms with Gasteiger partial charge in [-0.2, -0.15) is 0 Å². The largest absolute Gasteiger partial charge is 0.358 e. The molecular weight excluding hydrogens is 921 g/mol. The average Bonchev–Trinajstić information content (AvgIpc) is 3.48.